The second kappa shape index (κ2) is 3.54. The van der Waals surface area contributed by atoms with Crippen LogP contribution >= 0.6 is 0 Å². The number of rotatable bonds is 2. The summed E-state index contributed by atoms with van der Waals surface area (Å²) in [5.41, 5.74) is 0. The first-order valence-corrected chi connectivity index (χ1v) is 4.35. The van der Waals surface area contributed by atoms with E-state index in [0.29, 0.717) is 12.8 Å². The Morgan fingerprint density at radius 2 is 2.00 bits per heavy atom. The van der Waals surface area contributed by atoms with Crippen molar-refractivity contribution >= 4 is 5.78 Å². The van der Waals surface area contributed by atoms with E-state index in [4.69, 9.17) is 4.74 Å². The largest absolute Gasteiger partial charge is 0.365 e. The zero-order valence-corrected chi connectivity index (χ0v) is 7.67. The minimum atomic E-state index is -0.966. The van der Waals surface area contributed by atoms with Crippen LogP contribution in [0.25, 0.3) is 0 Å². The molecule has 12 heavy (non-hydrogen) atoms. The molecule has 3 nitrogen and oxygen atoms in total. The summed E-state index contributed by atoms with van der Waals surface area (Å²) in [4.78, 5) is 11.0. The van der Waals surface area contributed by atoms with Crippen molar-refractivity contribution in [2.24, 2.45) is 5.92 Å². The van der Waals surface area contributed by atoms with Crippen molar-refractivity contribution in [3.8, 4) is 0 Å². The van der Waals surface area contributed by atoms with E-state index in [1.54, 1.807) is 6.92 Å². The minimum Gasteiger partial charge on any atom is -0.365 e. The summed E-state index contributed by atoms with van der Waals surface area (Å²) < 4.78 is 4.95. The standard InChI is InChI=1S/C9H16O3/c1-7(10)8-3-5-9(11,12-2)6-4-8/h8,11H,3-6H2,1-2H3. The van der Waals surface area contributed by atoms with Gasteiger partial charge in [0.1, 0.15) is 5.78 Å². The molecule has 1 rings (SSSR count). The Morgan fingerprint density at radius 3 is 2.33 bits per heavy atom. The van der Waals surface area contributed by atoms with Crippen LogP contribution in [0.1, 0.15) is 32.6 Å². The number of Topliss-reactive ketones (excluding diaryl/α,β-unsaturated/α-hetero) is 1. The molecule has 0 atom stereocenters. The maximum Gasteiger partial charge on any atom is 0.165 e. The van der Waals surface area contributed by atoms with Gasteiger partial charge < -0.3 is 9.84 Å². The molecule has 0 aromatic rings. The van der Waals surface area contributed by atoms with Gasteiger partial charge in [-0.2, -0.15) is 0 Å². The molecule has 0 bridgehead atoms. The summed E-state index contributed by atoms with van der Waals surface area (Å²) in [5.74, 6) is -0.597. The first-order chi connectivity index (χ1) is 5.57. The number of ether oxygens (including phenoxy) is 1. The molecule has 0 heterocycles. The van der Waals surface area contributed by atoms with Crippen molar-refractivity contribution in [2.45, 2.75) is 38.4 Å². The van der Waals surface area contributed by atoms with Gasteiger partial charge in [-0.15, -0.1) is 0 Å². The van der Waals surface area contributed by atoms with Gasteiger partial charge in [0.15, 0.2) is 5.79 Å². The molecule has 0 unspecified atom stereocenters. The van der Waals surface area contributed by atoms with E-state index < -0.39 is 5.79 Å². The van der Waals surface area contributed by atoms with Crippen LogP contribution in [-0.2, 0) is 9.53 Å². The van der Waals surface area contributed by atoms with E-state index in [1.165, 1.54) is 7.11 Å². The molecule has 0 radical (unpaired) electrons. The van der Waals surface area contributed by atoms with E-state index >= 15 is 0 Å². The fourth-order valence-corrected chi connectivity index (χ4v) is 1.68. The quantitative estimate of drug-likeness (QED) is 0.634. The first kappa shape index (κ1) is 9.68. The van der Waals surface area contributed by atoms with Crippen LogP contribution in [0, 0.1) is 5.92 Å². The van der Waals surface area contributed by atoms with Crippen LogP contribution in [-0.4, -0.2) is 23.8 Å². The van der Waals surface area contributed by atoms with Gasteiger partial charge >= 0.3 is 0 Å². The Labute approximate surface area is 72.7 Å². The normalized spacial score (nSPS) is 36.4. The highest BCUT2D eigenvalue weighted by molar-refractivity contribution is 5.78. The molecule has 0 aliphatic heterocycles. The Kier molecular flexibility index (Phi) is 2.85. The van der Waals surface area contributed by atoms with Crippen LogP contribution in [0.2, 0.25) is 0 Å². The van der Waals surface area contributed by atoms with Crippen molar-refractivity contribution in [3.05, 3.63) is 0 Å². The Morgan fingerprint density at radius 1 is 1.50 bits per heavy atom. The average molecular weight is 172 g/mol. The molecule has 1 aliphatic rings. The van der Waals surface area contributed by atoms with E-state index in [9.17, 15) is 9.90 Å². The third-order valence-corrected chi connectivity index (χ3v) is 2.72. The summed E-state index contributed by atoms with van der Waals surface area (Å²) in [6.07, 6.45) is 2.65. The monoisotopic (exact) mass is 172 g/mol. The zero-order chi connectivity index (χ0) is 9.19. The number of ketones is 1. The molecular weight excluding hydrogens is 156 g/mol. The van der Waals surface area contributed by atoms with Crippen molar-refractivity contribution in [1.29, 1.82) is 0 Å². The van der Waals surface area contributed by atoms with Crippen LogP contribution in [0.4, 0.5) is 0 Å². The molecule has 1 aliphatic carbocycles. The van der Waals surface area contributed by atoms with Crippen molar-refractivity contribution in [1.82, 2.24) is 0 Å². The van der Waals surface area contributed by atoms with Gasteiger partial charge in [0.25, 0.3) is 0 Å². The highest BCUT2D eigenvalue weighted by Crippen LogP contribution is 2.32. The highest BCUT2D eigenvalue weighted by atomic mass is 16.6. The Balaban J connectivity index is 2.44. The number of methoxy groups -OCH3 is 1. The predicted molar refractivity (Wildman–Crippen MR) is 44.6 cm³/mol. The molecule has 1 N–H and O–H groups in total. The maximum absolute atomic E-state index is 11.0. The van der Waals surface area contributed by atoms with E-state index in [2.05, 4.69) is 0 Å². The molecule has 0 amide bonds. The molecule has 0 saturated heterocycles. The predicted octanol–water partition coefficient (Wildman–Crippen LogP) is 1.10. The highest BCUT2D eigenvalue weighted by Gasteiger charge is 2.34. The molecule has 0 spiro atoms. The lowest BCUT2D eigenvalue weighted by atomic mass is 9.83. The first-order valence-electron chi connectivity index (χ1n) is 4.35. The van der Waals surface area contributed by atoms with Gasteiger partial charge in [-0.25, -0.2) is 0 Å². The number of carbonyl (C=O) groups excluding carboxylic acids is 1. The number of hydrogen-bond acceptors (Lipinski definition) is 3. The van der Waals surface area contributed by atoms with Crippen LogP contribution < -0.4 is 0 Å². The van der Waals surface area contributed by atoms with Gasteiger partial charge in [0.05, 0.1) is 0 Å². The molecule has 0 aromatic heterocycles. The molecule has 3 heteroatoms. The fraction of sp³-hybridized carbons (Fsp3) is 0.889. The van der Waals surface area contributed by atoms with Gasteiger partial charge in [0, 0.05) is 25.9 Å². The van der Waals surface area contributed by atoms with Gasteiger partial charge in [0.2, 0.25) is 0 Å². The SMILES string of the molecule is COC1(O)CCC(C(C)=O)CC1. The molecule has 0 aromatic carbocycles. The fourth-order valence-electron chi connectivity index (χ4n) is 1.68. The number of carbonyl (C=O) groups is 1. The Hall–Kier alpha value is -0.410. The lowest BCUT2D eigenvalue weighted by Crippen LogP contribution is -2.37. The number of hydrogen-bond donors (Lipinski definition) is 1. The summed E-state index contributed by atoms with van der Waals surface area (Å²) in [6, 6.07) is 0. The number of aliphatic hydroxyl groups is 1. The second-order valence-corrected chi connectivity index (χ2v) is 3.54. The van der Waals surface area contributed by atoms with Crippen molar-refractivity contribution < 1.29 is 14.6 Å². The third-order valence-electron chi connectivity index (χ3n) is 2.72. The van der Waals surface area contributed by atoms with Gasteiger partial charge in [-0.1, -0.05) is 0 Å². The van der Waals surface area contributed by atoms with Gasteiger partial charge in [-0.3, -0.25) is 4.79 Å². The minimum absolute atomic E-state index is 0.139. The lowest BCUT2D eigenvalue weighted by molar-refractivity contribution is -0.207. The van der Waals surface area contributed by atoms with E-state index in [1.807, 2.05) is 0 Å². The summed E-state index contributed by atoms with van der Waals surface area (Å²) in [6.45, 7) is 1.61. The van der Waals surface area contributed by atoms with E-state index in [0.717, 1.165) is 12.8 Å². The average Bonchev–Trinajstić information content (AvgIpc) is 2.05. The molecular formula is C9H16O3. The van der Waals surface area contributed by atoms with E-state index in [-0.39, 0.29) is 11.7 Å². The summed E-state index contributed by atoms with van der Waals surface area (Å²) in [5, 5.41) is 9.65. The van der Waals surface area contributed by atoms with Gasteiger partial charge in [-0.05, 0) is 19.8 Å². The zero-order valence-electron chi connectivity index (χ0n) is 7.67. The van der Waals surface area contributed by atoms with Crippen molar-refractivity contribution in [3.63, 3.8) is 0 Å². The third kappa shape index (κ3) is 2.05. The molecule has 1 saturated carbocycles. The summed E-state index contributed by atoms with van der Waals surface area (Å²) in [7, 11) is 1.51. The Bertz CT molecular complexity index is 169. The topological polar surface area (TPSA) is 46.5 Å². The molecule has 1 fully saturated rings. The lowest BCUT2D eigenvalue weighted by Gasteiger charge is -2.33. The van der Waals surface area contributed by atoms with Crippen LogP contribution in [0.5, 0.6) is 0 Å². The van der Waals surface area contributed by atoms with Crippen LogP contribution in [0.3, 0.4) is 0 Å². The van der Waals surface area contributed by atoms with Crippen molar-refractivity contribution in [2.75, 3.05) is 7.11 Å². The second-order valence-electron chi connectivity index (χ2n) is 3.54. The summed E-state index contributed by atoms with van der Waals surface area (Å²) >= 11 is 0. The maximum atomic E-state index is 11.0. The smallest absolute Gasteiger partial charge is 0.165 e. The van der Waals surface area contributed by atoms with Crippen LogP contribution in [0.15, 0.2) is 0 Å². The molecule has 70 valence electrons.